The molecule has 0 bridgehead atoms. The zero-order valence-electron chi connectivity index (χ0n) is 6.91. The van der Waals surface area contributed by atoms with Crippen molar-refractivity contribution in [1.82, 2.24) is 0 Å². The maximum atomic E-state index is 11.3. The van der Waals surface area contributed by atoms with E-state index in [0.717, 1.165) is 5.56 Å². The van der Waals surface area contributed by atoms with Crippen LogP contribution in [0.1, 0.15) is 15.9 Å². The quantitative estimate of drug-likeness (QED) is 0.538. The summed E-state index contributed by atoms with van der Waals surface area (Å²) in [6.45, 7) is 1.81. The molecule has 12 heavy (non-hydrogen) atoms. The number of hydrogen-bond acceptors (Lipinski definition) is 3. The number of carbonyl (C=O) groups excluding carboxylic acids is 1. The Morgan fingerprint density at radius 3 is 2.75 bits per heavy atom. The van der Waals surface area contributed by atoms with Crippen molar-refractivity contribution in [2.45, 2.75) is 6.92 Å². The molecule has 1 aromatic rings. The van der Waals surface area contributed by atoms with Gasteiger partial charge in [0.25, 0.3) is 0 Å². The lowest BCUT2D eigenvalue weighted by molar-refractivity contribution is 0.0763. The van der Waals surface area contributed by atoms with Gasteiger partial charge in [-0.25, -0.2) is 5.90 Å². The van der Waals surface area contributed by atoms with Crippen LogP contribution in [0.3, 0.4) is 0 Å². The molecule has 1 aromatic carbocycles. The van der Waals surface area contributed by atoms with Crippen LogP contribution in [0, 0.1) is 6.92 Å². The highest BCUT2D eigenvalue weighted by molar-refractivity contribution is 5.98. The molecular formula is C9H11NO2. The molecule has 0 aliphatic carbocycles. The first-order chi connectivity index (χ1) is 5.75. The van der Waals surface area contributed by atoms with Crippen molar-refractivity contribution < 1.29 is 9.63 Å². The van der Waals surface area contributed by atoms with Crippen molar-refractivity contribution in [3.63, 3.8) is 0 Å². The highest BCUT2D eigenvalue weighted by Gasteiger charge is 2.06. The molecular weight excluding hydrogens is 154 g/mol. The third-order valence-corrected chi connectivity index (χ3v) is 1.66. The molecule has 3 heteroatoms. The van der Waals surface area contributed by atoms with Crippen LogP contribution in [0.5, 0.6) is 0 Å². The summed E-state index contributed by atoms with van der Waals surface area (Å²) >= 11 is 0. The second kappa shape index (κ2) is 3.99. The van der Waals surface area contributed by atoms with Gasteiger partial charge in [0.2, 0.25) is 0 Å². The fourth-order valence-corrected chi connectivity index (χ4v) is 1.04. The summed E-state index contributed by atoms with van der Waals surface area (Å²) < 4.78 is 0. The molecule has 2 N–H and O–H groups in total. The number of benzene rings is 1. The zero-order chi connectivity index (χ0) is 8.97. The van der Waals surface area contributed by atoms with Crippen LogP contribution in [-0.4, -0.2) is 12.4 Å². The van der Waals surface area contributed by atoms with Crippen LogP contribution in [0.15, 0.2) is 24.3 Å². The Kier molecular flexibility index (Phi) is 2.96. The van der Waals surface area contributed by atoms with Crippen LogP contribution in [-0.2, 0) is 4.84 Å². The van der Waals surface area contributed by atoms with Crippen LogP contribution in [0.2, 0.25) is 0 Å². The lowest BCUT2D eigenvalue weighted by Gasteiger charge is -2.01. The molecule has 0 spiro atoms. The molecule has 0 saturated carbocycles. The van der Waals surface area contributed by atoms with Gasteiger partial charge in [0, 0.05) is 5.56 Å². The Morgan fingerprint density at radius 2 is 2.17 bits per heavy atom. The van der Waals surface area contributed by atoms with Crippen LogP contribution in [0.25, 0.3) is 0 Å². The Hall–Kier alpha value is -1.19. The van der Waals surface area contributed by atoms with E-state index in [-0.39, 0.29) is 12.4 Å². The van der Waals surface area contributed by atoms with Crippen molar-refractivity contribution in [2.75, 3.05) is 6.61 Å². The second-order valence-electron chi connectivity index (χ2n) is 2.55. The zero-order valence-corrected chi connectivity index (χ0v) is 6.91. The average molecular weight is 165 g/mol. The number of rotatable bonds is 3. The van der Waals surface area contributed by atoms with Crippen LogP contribution >= 0.6 is 0 Å². The van der Waals surface area contributed by atoms with E-state index in [2.05, 4.69) is 4.84 Å². The van der Waals surface area contributed by atoms with Crippen molar-refractivity contribution in [3.8, 4) is 0 Å². The maximum Gasteiger partial charge on any atom is 0.190 e. The van der Waals surface area contributed by atoms with Crippen molar-refractivity contribution in [3.05, 3.63) is 35.4 Å². The molecule has 0 amide bonds. The molecule has 0 aromatic heterocycles. The number of carbonyl (C=O) groups is 1. The fourth-order valence-electron chi connectivity index (χ4n) is 1.04. The van der Waals surface area contributed by atoms with Gasteiger partial charge in [-0.2, -0.15) is 0 Å². The minimum atomic E-state index is -0.0874. The van der Waals surface area contributed by atoms with Gasteiger partial charge in [0.1, 0.15) is 6.61 Å². The summed E-state index contributed by atoms with van der Waals surface area (Å²) in [5.74, 6) is 4.71. The molecule has 0 fully saturated rings. The van der Waals surface area contributed by atoms with Crippen molar-refractivity contribution in [2.24, 2.45) is 5.90 Å². The Labute approximate surface area is 71.1 Å². The van der Waals surface area contributed by atoms with Crippen molar-refractivity contribution >= 4 is 5.78 Å². The largest absolute Gasteiger partial charge is 0.296 e. The van der Waals surface area contributed by atoms with Crippen LogP contribution < -0.4 is 5.90 Å². The maximum absolute atomic E-state index is 11.3. The molecule has 0 saturated heterocycles. The number of Topliss-reactive ketones (excluding diaryl/α,β-unsaturated/α-hetero) is 1. The highest BCUT2D eigenvalue weighted by Crippen LogP contribution is 2.07. The summed E-state index contributed by atoms with van der Waals surface area (Å²) in [6, 6.07) is 7.34. The highest BCUT2D eigenvalue weighted by atomic mass is 16.6. The third-order valence-electron chi connectivity index (χ3n) is 1.66. The number of nitrogens with two attached hydrogens (primary N) is 1. The van der Waals surface area contributed by atoms with Gasteiger partial charge in [-0.05, 0) is 12.5 Å². The molecule has 0 heterocycles. The van der Waals surface area contributed by atoms with E-state index in [1.807, 2.05) is 25.1 Å². The summed E-state index contributed by atoms with van der Waals surface area (Å²) in [5, 5.41) is 0. The molecule has 0 aliphatic rings. The predicted octanol–water partition coefficient (Wildman–Crippen LogP) is 1.07. The van der Waals surface area contributed by atoms with Gasteiger partial charge in [-0.3, -0.25) is 9.63 Å². The van der Waals surface area contributed by atoms with Gasteiger partial charge in [0.05, 0.1) is 0 Å². The molecule has 1 rings (SSSR count). The van der Waals surface area contributed by atoms with E-state index < -0.39 is 0 Å². The normalized spacial score (nSPS) is 9.83. The van der Waals surface area contributed by atoms with Gasteiger partial charge in [-0.1, -0.05) is 24.3 Å². The summed E-state index contributed by atoms with van der Waals surface area (Å²) in [7, 11) is 0. The number of aryl methyl sites for hydroxylation is 1. The molecule has 3 nitrogen and oxygen atoms in total. The molecule has 0 aliphatic heterocycles. The SMILES string of the molecule is Cc1ccccc1C(=O)CON. The smallest absolute Gasteiger partial charge is 0.190 e. The lowest BCUT2D eigenvalue weighted by atomic mass is 10.1. The van der Waals surface area contributed by atoms with E-state index in [1.165, 1.54) is 0 Å². The van der Waals surface area contributed by atoms with E-state index in [0.29, 0.717) is 5.56 Å². The van der Waals surface area contributed by atoms with Gasteiger partial charge < -0.3 is 0 Å². The number of hydrogen-bond donors (Lipinski definition) is 1. The first-order valence-corrected chi connectivity index (χ1v) is 3.66. The number of ketones is 1. The summed E-state index contributed by atoms with van der Waals surface area (Å²) in [5.41, 5.74) is 1.61. The minimum Gasteiger partial charge on any atom is -0.296 e. The van der Waals surface area contributed by atoms with Gasteiger partial charge in [0.15, 0.2) is 5.78 Å². The Morgan fingerprint density at radius 1 is 1.50 bits per heavy atom. The second-order valence-corrected chi connectivity index (χ2v) is 2.55. The molecule has 64 valence electrons. The van der Waals surface area contributed by atoms with E-state index in [1.54, 1.807) is 6.07 Å². The minimum absolute atomic E-state index is 0.0646. The standard InChI is InChI=1S/C9H11NO2/c1-7-4-2-3-5-8(7)9(11)6-12-10/h2-5H,6,10H2,1H3. The summed E-state index contributed by atoms with van der Waals surface area (Å²) in [4.78, 5) is 15.5. The third kappa shape index (κ3) is 1.90. The molecule has 0 atom stereocenters. The van der Waals surface area contributed by atoms with E-state index >= 15 is 0 Å². The first-order valence-electron chi connectivity index (χ1n) is 3.66. The Balaban J connectivity index is 2.87. The van der Waals surface area contributed by atoms with Gasteiger partial charge >= 0.3 is 0 Å². The molecule has 0 unspecified atom stereocenters. The fraction of sp³-hybridized carbons (Fsp3) is 0.222. The lowest BCUT2D eigenvalue weighted by Crippen LogP contribution is -2.13. The van der Waals surface area contributed by atoms with E-state index in [9.17, 15) is 4.79 Å². The molecule has 0 radical (unpaired) electrons. The van der Waals surface area contributed by atoms with Crippen molar-refractivity contribution in [1.29, 1.82) is 0 Å². The summed E-state index contributed by atoms with van der Waals surface area (Å²) in [6.07, 6.45) is 0. The average Bonchev–Trinajstić information content (AvgIpc) is 2.05. The monoisotopic (exact) mass is 165 g/mol. The van der Waals surface area contributed by atoms with E-state index in [4.69, 9.17) is 5.90 Å². The predicted molar refractivity (Wildman–Crippen MR) is 45.6 cm³/mol. The first kappa shape index (κ1) is 8.90. The topological polar surface area (TPSA) is 52.3 Å². The van der Waals surface area contributed by atoms with Gasteiger partial charge in [-0.15, -0.1) is 0 Å². The van der Waals surface area contributed by atoms with Crippen LogP contribution in [0.4, 0.5) is 0 Å². The Bertz CT molecular complexity index is 284.